The minimum absolute atomic E-state index is 0.777. The number of rotatable bonds is 4. The number of aromatic nitrogens is 2. The topological polar surface area (TPSA) is 37.9 Å². The molecule has 0 aliphatic heterocycles. The molecular formula is C21H18N2O. The first kappa shape index (κ1) is 14.5. The van der Waals surface area contributed by atoms with Gasteiger partial charge >= 0.3 is 0 Å². The van der Waals surface area contributed by atoms with E-state index in [0.717, 1.165) is 34.8 Å². The Balaban J connectivity index is 1.50. The number of nitrogens with zero attached hydrogens (tertiary/aromatic N) is 1. The zero-order valence-corrected chi connectivity index (χ0v) is 13.5. The van der Waals surface area contributed by atoms with Crippen molar-refractivity contribution in [2.24, 2.45) is 0 Å². The van der Waals surface area contributed by atoms with E-state index >= 15 is 0 Å². The van der Waals surface area contributed by atoms with Crippen LogP contribution in [-0.4, -0.2) is 9.97 Å². The van der Waals surface area contributed by atoms with Gasteiger partial charge in [-0.05, 0) is 54.4 Å². The molecule has 118 valence electrons. The molecule has 1 aromatic heterocycles. The summed E-state index contributed by atoms with van der Waals surface area (Å²) in [7, 11) is 0. The summed E-state index contributed by atoms with van der Waals surface area (Å²) in [5, 5.41) is 0. The van der Waals surface area contributed by atoms with Gasteiger partial charge in [-0.2, -0.15) is 0 Å². The fourth-order valence-electron chi connectivity index (χ4n) is 2.75. The molecule has 0 fully saturated rings. The zero-order chi connectivity index (χ0) is 16.4. The molecule has 4 aromatic rings. The first-order chi connectivity index (χ1) is 11.8. The van der Waals surface area contributed by atoms with Crippen LogP contribution in [0.4, 0.5) is 0 Å². The third-order valence-electron chi connectivity index (χ3n) is 3.96. The van der Waals surface area contributed by atoms with Crippen molar-refractivity contribution in [1.29, 1.82) is 0 Å². The molecule has 0 amide bonds. The second kappa shape index (κ2) is 6.20. The Bertz CT molecular complexity index is 956. The SMILES string of the molecule is Cc1ccc2nc(Cc3ccc(Oc4ccccc4)cc3)[nH]c2c1. The number of nitrogens with one attached hydrogen (secondary N) is 1. The molecule has 0 aliphatic rings. The number of aryl methyl sites for hydroxylation is 1. The predicted molar refractivity (Wildman–Crippen MR) is 96.6 cm³/mol. The summed E-state index contributed by atoms with van der Waals surface area (Å²) in [6, 6.07) is 24.2. The van der Waals surface area contributed by atoms with Gasteiger partial charge in [-0.15, -0.1) is 0 Å². The first-order valence-electron chi connectivity index (χ1n) is 8.03. The van der Waals surface area contributed by atoms with Gasteiger partial charge in [-0.1, -0.05) is 36.4 Å². The van der Waals surface area contributed by atoms with Crippen molar-refractivity contribution in [3.63, 3.8) is 0 Å². The Morgan fingerprint density at radius 2 is 1.62 bits per heavy atom. The van der Waals surface area contributed by atoms with Crippen molar-refractivity contribution in [1.82, 2.24) is 9.97 Å². The zero-order valence-electron chi connectivity index (χ0n) is 13.5. The molecule has 0 aliphatic carbocycles. The second-order valence-corrected chi connectivity index (χ2v) is 5.94. The fourth-order valence-corrected chi connectivity index (χ4v) is 2.75. The van der Waals surface area contributed by atoms with Crippen LogP contribution in [0.1, 0.15) is 17.0 Å². The first-order valence-corrected chi connectivity index (χ1v) is 8.03. The van der Waals surface area contributed by atoms with Crippen molar-refractivity contribution in [2.75, 3.05) is 0 Å². The molecule has 0 unspecified atom stereocenters. The maximum absolute atomic E-state index is 5.82. The average Bonchev–Trinajstić information content (AvgIpc) is 2.99. The van der Waals surface area contributed by atoms with Crippen molar-refractivity contribution in [3.05, 3.63) is 89.7 Å². The average molecular weight is 314 g/mol. The highest BCUT2D eigenvalue weighted by molar-refractivity contribution is 5.75. The summed E-state index contributed by atoms with van der Waals surface area (Å²) in [4.78, 5) is 8.05. The highest BCUT2D eigenvalue weighted by Gasteiger charge is 2.05. The highest BCUT2D eigenvalue weighted by atomic mass is 16.5. The third kappa shape index (κ3) is 3.15. The smallest absolute Gasteiger partial charge is 0.127 e. The maximum atomic E-state index is 5.82. The van der Waals surface area contributed by atoms with Crippen molar-refractivity contribution in [2.45, 2.75) is 13.3 Å². The molecule has 4 rings (SSSR count). The van der Waals surface area contributed by atoms with Crippen LogP contribution in [0, 0.1) is 6.92 Å². The molecule has 0 spiro atoms. The van der Waals surface area contributed by atoms with Gasteiger partial charge < -0.3 is 9.72 Å². The number of ether oxygens (including phenoxy) is 1. The summed E-state index contributed by atoms with van der Waals surface area (Å²) in [6.45, 7) is 2.09. The van der Waals surface area contributed by atoms with Crippen LogP contribution in [0.2, 0.25) is 0 Å². The van der Waals surface area contributed by atoms with Gasteiger partial charge in [0.25, 0.3) is 0 Å². The molecule has 1 heterocycles. The van der Waals surface area contributed by atoms with Gasteiger partial charge in [-0.25, -0.2) is 4.98 Å². The molecule has 3 aromatic carbocycles. The number of aromatic amines is 1. The molecular weight excluding hydrogens is 296 g/mol. The predicted octanol–water partition coefficient (Wildman–Crippen LogP) is 5.25. The van der Waals surface area contributed by atoms with E-state index in [1.54, 1.807) is 0 Å². The summed E-state index contributed by atoms with van der Waals surface area (Å²) < 4.78 is 5.82. The van der Waals surface area contributed by atoms with Crippen LogP contribution in [-0.2, 0) is 6.42 Å². The lowest BCUT2D eigenvalue weighted by Crippen LogP contribution is -1.91. The Morgan fingerprint density at radius 3 is 2.42 bits per heavy atom. The number of H-pyrrole nitrogens is 1. The third-order valence-corrected chi connectivity index (χ3v) is 3.96. The quantitative estimate of drug-likeness (QED) is 0.558. The van der Waals surface area contributed by atoms with Crippen LogP contribution in [0.3, 0.4) is 0 Å². The number of para-hydroxylation sites is 1. The van der Waals surface area contributed by atoms with Gasteiger partial charge in [0.1, 0.15) is 17.3 Å². The van der Waals surface area contributed by atoms with E-state index in [4.69, 9.17) is 4.74 Å². The lowest BCUT2D eigenvalue weighted by atomic mass is 10.1. The van der Waals surface area contributed by atoms with E-state index < -0.39 is 0 Å². The molecule has 0 saturated carbocycles. The molecule has 0 atom stereocenters. The summed E-state index contributed by atoms with van der Waals surface area (Å²) >= 11 is 0. The van der Waals surface area contributed by atoms with Gasteiger partial charge in [0, 0.05) is 6.42 Å². The Labute approximate surface area is 140 Å². The largest absolute Gasteiger partial charge is 0.457 e. The van der Waals surface area contributed by atoms with Gasteiger partial charge in [0.15, 0.2) is 0 Å². The fraction of sp³-hybridized carbons (Fsp3) is 0.0952. The Morgan fingerprint density at radius 1 is 0.875 bits per heavy atom. The van der Waals surface area contributed by atoms with E-state index in [2.05, 4.69) is 47.2 Å². The molecule has 0 bridgehead atoms. The van der Waals surface area contributed by atoms with Gasteiger partial charge in [0.2, 0.25) is 0 Å². The van der Waals surface area contributed by atoms with Crippen molar-refractivity contribution < 1.29 is 4.74 Å². The minimum atomic E-state index is 0.777. The summed E-state index contributed by atoms with van der Waals surface area (Å²) in [6.07, 6.45) is 0.777. The molecule has 3 heteroatoms. The molecule has 1 N–H and O–H groups in total. The Hall–Kier alpha value is -3.07. The summed E-state index contributed by atoms with van der Waals surface area (Å²) in [5.74, 6) is 2.66. The lowest BCUT2D eigenvalue weighted by Gasteiger charge is -2.06. The second-order valence-electron chi connectivity index (χ2n) is 5.94. The maximum Gasteiger partial charge on any atom is 0.127 e. The van der Waals surface area contributed by atoms with Gasteiger partial charge in [-0.3, -0.25) is 0 Å². The van der Waals surface area contributed by atoms with Crippen molar-refractivity contribution >= 4 is 11.0 Å². The summed E-state index contributed by atoms with van der Waals surface area (Å²) in [5.41, 5.74) is 4.54. The van der Waals surface area contributed by atoms with E-state index in [1.807, 2.05) is 42.5 Å². The normalized spacial score (nSPS) is 10.9. The minimum Gasteiger partial charge on any atom is -0.457 e. The van der Waals surface area contributed by atoms with Crippen LogP contribution in [0.5, 0.6) is 11.5 Å². The van der Waals surface area contributed by atoms with E-state index in [0.29, 0.717) is 0 Å². The van der Waals surface area contributed by atoms with E-state index in [1.165, 1.54) is 11.1 Å². The molecule has 0 radical (unpaired) electrons. The molecule has 3 nitrogen and oxygen atoms in total. The van der Waals surface area contributed by atoms with Crippen LogP contribution in [0.25, 0.3) is 11.0 Å². The number of hydrogen-bond acceptors (Lipinski definition) is 2. The molecule has 0 saturated heterocycles. The number of imidazole rings is 1. The Kier molecular flexibility index (Phi) is 3.75. The lowest BCUT2D eigenvalue weighted by molar-refractivity contribution is 0.482. The highest BCUT2D eigenvalue weighted by Crippen LogP contribution is 2.22. The molecule has 24 heavy (non-hydrogen) atoms. The van der Waals surface area contributed by atoms with Crippen molar-refractivity contribution in [3.8, 4) is 11.5 Å². The number of benzene rings is 3. The number of fused-ring (bicyclic) bond motifs is 1. The monoisotopic (exact) mass is 314 g/mol. The van der Waals surface area contributed by atoms with E-state index in [9.17, 15) is 0 Å². The van der Waals surface area contributed by atoms with Crippen LogP contribution < -0.4 is 4.74 Å². The standard InChI is InChI=1S/C21H18N2O/c1-15-7-12-19-20(13-15)23-21(22-19)14-16-8-10-18(11-9-16)24-17-5-3-2-4-6-17/h2-13H,14H2,1H3,(H,22,23). The van der Waals surface area contributed by atoms with Crippen LogP contribution >= 0.6 is 0 Å². The number of hydrogen-bond donors (Lipinski definition) is 1. The van der Waals surface area contributed by atoms with E-state index in [-0.39, 0.29) is 0 Å². The van der Waals surface area contributed by atoms with Gasteiger partial charge in [0.05, 0.1) is 11.0 Å². The van der Waals surface area contributed by atoms with Crippen LogP contribution in [0.15, 0.2) is 72.8 Å².